The van der Waals surface area contributed by atoms with E-state index in [1.807, 2.05) is 9.30 Å². The minimum Gasteiger partial charge on any atom is -0.493 e. The number of benzene rings is 1. The third-order valence-corrected chi connectivity index (χ3v) is 9.35. The number of amides is 2. The number of imidazole rings is 1. The minimum absolute atomic E-state index is 0.0445. The molecular formula is C32H32F3N7O4. The van der Waals surface area contributed by atoms with Gasteiger partial charge in [-0.2, -0.15) is 13.2 Å². The lowest BCUT2D eigenvalue weighted by atomic mass is 9.89. The molecule has 46 heavy (non-hydrogen) atoms. The van der Waals surface area contributed by atoms with Crippen molar-refractivity contribution < 1.29 is 32.2 Å². The van der Waals surface area contributed by atoms with E-state index >= 15 is 0 Å². The lowest BCUT2D eigenvalue weighted by Crippen LogP contribution is -2.44. The maximum Gasteiger partial charge on any atom is 0.416 e. The predicted molar refractivity (Wildman–Crippen MR) is 161 cm³/mol. The fraction of sp³-hybridized carbons (Fsp3) is 0.406. The topological polar surface area (TPSA) is 137 Å². The Morgan fingerprint density at radius 1 is 1.15 bits per heavy atom. The van der Waals surface area contributed by atoms with Gasteiger partial charge in [-0.25, -0.2) is 15.0 Å². The van der Waals surface area contributed by atoms with Gasteiger partial charge in [0.25, 0.3) is 5.91 Å². The molecule has 2 aliphatic heterocycles. The average molecular weight is 636 g/mol. The maximum absolute atomic E-state index is 13.5. The van der Waals surface area contributed by atoms with Crippen LogP contribution in [-0.4, -0.2) is 68.5 Å². The molecule has 5 heterocycles. The van der Waals surface area contributed by atoms with Crippen molar-refractivity contribution in [3.05, 3.63) is 65.9 Å². The number of pyridine rings is 1. The number of methoxy groups -OCH3 is 1. The van der Waals surface area contributed by atoms with Crippen LogP contribution >= 0.6 is 0 Å². The first-order valence-electron chi connectivity index (χ1n) is 15.1. The molecule has 1 aliphatic carbocycles. The second-order valence-electron chi connectivity index (χ2n) is 12.0. The molecule has 3 atom stereocenters. The standard InChI is InChI=1S/C32H32F3N7O4/c1-3-46-22-14-17(29(43)39-23-15-19(8-11-37-23)32(33,34)35)4-6-20(22)24-25-27(36)38-12-13-41(25)28(40-24)18-5-7-21-26(45-2)31(9-10-31)30(44)42(21)16-18/h4,6,8,11-15,18,21,26H,3,5,7,9-10,16H2,1-2H3,(H2,36,38)(H,37,39,43)/t18-,21+,26?/m1/s1. The van der Waals surface area contributed by atoms with Gasteiger partial charge in [-0.1, -0.05) is 0 Å². The number of halogens is 3. The van der Waals surface area contributed by atoms with E-state index in [1.54, 1.807) is 32.5 Å². The zero-order valence-electron chi connectivity index (χ0n) is 25.2. The minimum atomic E-state index is -4.58. The second-order valence-corrected chi connectivity index (χ2v) is 12.0. The Labute approximate surface area is 261 Å². The molecule has 14 heteroatoms. The number of aromatic nitrogens is 4. The molecular weight excluding hydrogens is 603 g/mol. The fourth-order valence-electron chi connectivity index (χ4n) is 7.10. The number of anilines is 2. The Hall–Kier alpha value is -4.72. The van der Waals surface area contributed by atoms with Gasteiger partial charge in [0.2, 0.25) is 5.91 Å². The zero-order valence-corrected chi connectivity index (χ0v) is 25.2. The molecule has 2 saturated heterocycles. The summed E-state index contributed by atoms with van der Waals surface area (Å²) in [5, 5.41) is 2.43. The summed E-state index contributed by atoms with van der Waals surface area (Å²) in [5.74, 6) is 0.500. The number of nitrogens with two attached hydrogens (primary N) is 1. The number of rotatable bonds is 7. The molecule has 1 saturated carbocycles. The van der Waals surface area contributed by atoms with E-state index in [0.29, 0.717) is 29.1 Å². The van der Waals surface area contributed by atoms with Crippen molar-refractivity contribution in [1.29, 1.82) is 0 Å². The summed E-state index contributed by atoms with van der Waals surface area (Å²) in [4.78, 5) is 41.8. The second kappa shape index (κ2) is 11.0. The van der Waals surface area contributed by atoms with Crippen LogP contribution in [0.3, 0.4) is 0 Å². The molecule has 3 aromatic heterocycles. The van der Waals surface area contributed by atoms with Crippen molar-refractivity contribution >= 4 is 29.0 Å². The number of piperidine rings is 1. The highest BCUT2D eigenvalue weighted by molar-refractivity contribution is 6.04. The van der Waals surface area contributed by atoms with Gasteiger partial charge >= 0.3 is 6.18 Å². The number of nitrogen functional groups attached to an aromatic ring is 1. The van der Waals surface area contributed by atoms with E-state index in [1.165, 1.54) is 12.1 Å². The molecule has 3 fully saturated rings. The zero-order chi connectivity index (χ0) is 32.4. The Kier molecular flexibility index (Phi) is 7.14. The van der Waals surface area contributed by atoms with Crippen LogP contribution in [0.15, 0.2) is 48.9 Å². The van der Waals surface area contributed by atoms with Crippen LogP contribution in [-0.2, 0) is 15.7 Å². The highest BCUT2D eigenvalue weighted by Gasteiger charge is 2.67. The number of ether oxygens (including phenoxy) is 2. The highest BCUT2D eigenvalue weighted by atomic mass is 19.4. The van der Waals surface area contributed by atoms with Gasteiger partial charge in [-0.15, -0.1) is 0 Å². The maximum atomic E-state index is 13.5. The van der Waals surface area contributed by atoms with Crippen LogP contribution in [0.1, 0.15) is 60.3 Å². The lowest BCUT2D eigenvalue weighted by Gasteiger charge is -2.36. The lowest BCUT2D eigenvalue weighted by molar-refractivity contribution is -0.137. The number of fused-ring (bicyclic) bond motifs is 2. The molecule has 240 valence electrons. The normalized spacial score (nSPS) is 21.9. The van der Waals surface area contributed by atoms with Gasteiger partial charge in [-0.3, -0.25) is 14.0 Å². The number of nitrogens with zero attached hydrogens (tertiary/aromatic N) is 5. The monoisotopic (exact) mass is 635 g/mol. The molecule has 2 amide bonds. The van der Waals surface area contributed by atoms with Gasteiger partial charge in [0.1, 0.15) is 34.4 Å². The van der Waals surface area contributed by atoms with E-state index in [4.69, 9.17) is 20.2 Å². The van der Waals surface area contributed by atoms with Gasteiger partial charge in [0.15, 0.2) is 0 Å². The predicted octanol–water partition coefficient (Wildman–Crippen LogP) is 4.93. The molecule has 0 bridgehead atoms. The first-order chi connectivity index (χ1) is 22.1. The smallest absolute Gasteiger partial charge is 0.416 e. The van der Waals surface area contributed by atoms with Crippen LogP contribution in [0.25, 0.3) is 16.8 Å². The Balaban J connectivity index is 1.22. The summed E-state index contributed by atoms with van der Waals surface area (Å²) in [6, 6.07) is 6.35. The largest absolute Gasteiger partial charge is 0.493 e. The molecule has 7 rings (SSSR count). The Morgan fingerprint density at radius 2 is 1.96 bits per heavy atom. The summed E-state index contributed by atoms with van der Waals surface area (Å²) in [6.45, 7) is 2.57. The van der Waals surface area contributed by atoms with Crippen molar-refractivity contribution in [2.45, 2.75) is 56.8 Å². The molecule has 11 nitrogen and oxygen atoms in total. The van der Waals surface area contributed by atoms with E-state index in [2.05, 4.69) is 15.3 Å². The van der Waals surface area contributed by atoms with Gasteiger partial charge in [0, 0.05) is 49.3 Å². The number of hydrogen-bond acceptors (Lipinski definition) is 8. The van der Waals surface area contributed by atoms with E-state index in [0.717, 1.165) is 49.8 Å². The third kappa shape index (κ3) is 4.82. The number of nitrogens with one attached hydrogen (secondary N) is 1. The molecule has 1 unspecified atom stereocenters. The summed E-state index contributed by atoms with van der Waals surface area (Å²) in [7, 11) is 1.69. The summed E-state index contributed by atoms with van der Waals surface area (Å²) in [6.07, 6.45) is 2.99. The molecule has 3 N–H and O–H groups in total. The van der Waals surface area contributed by atoms with Crippen molar-refractivity contribution in [1.82, 2.24) is 24.3 Å². The average Bonchev–Trinajstić information content (AvgIpc) is 3.68. The van der Waals surface area contributed by atoms with Crippen LogP contribution < -0.4 is 15.8 Å². The quantitative estimate of drug-likeness (QED) is 0.292. The fourth-order valence-corrected chi connectivity index (χ4v) is 7.10. The van der Waals surface area contributed by atoms with Crippen molar-refractivity contribution in [3.8, 4) is 17.0 Å². The number of carbonyl (C=O) groups is 2. The van der Waals surface area contributed by atoms with Crippen LogP contribution in [0.5, 0.6) is 5.75 Å². The van der Waals surface area contributed by atoms with E-state index in [-0.39, 0.29) is 53.2 Å². The molecule has 4 aromatic rings. The van der Waals surface area contributed by atoms with E-state index in [9.17, 15) is 22.8 Å². The third-order valence-electron chi connectivity index (χ3n) is 9.35. The van der Waals surface area contributed by atoms with Gasteiger partial charge in [-0.05, 0) is 62.9 Å². The van der Waals surface area contributed by atoms with Crippen molar-refractivity contribution in [2.75, 3.05) is 31.3 Å². The first-order valence-corrected chi connectivity index (χ1v) is 15.1. The van der Waals surface area contributed by atoms with Crippen molar-refractivity contribution in [3.63, 3.8) is 0 Å². The number of alkyl halides is 3. The molecule has 1 aromatic carbocycles. The summed E-state index contributed by atoms with van der Waals surface area (Å²) in [5.41, 5.74) is 6.86. The molecule has 3 aliphatic rings. The highest BCUT2D eigenvalue weighted by Crippen LogP contribution is 2.59. The molecule has 1 spiro atoms. The Bertz CT molecular complexity index is 1860. The van der Waals surface area contributed by atoms with Gasteiger partial charge in [0.05, 0.1) is 29.7 Å². The van der Waals surface area contributed by atoms with Gasteiger partial charge < -0.3 is 25.4 Å². The molecule has 0 radical (unpaired) electrons. The Morgan fingerprint density at radius 3 is 2.67 bits per heavy atom. The van der Waals surface area contributed by atoms with E-state index < -0.39 is 17.6 Å². The van der Waals surface area contributed by atoms with Crippen LogP contribution in [0.2, 0.25) is 0 Å². The number of hydrogen-bond donors (Lipinski definition) is 2. The first kappa shape index (κ1) is 30.0. The van der Waals surface area contributed by atoms with Crippen LogP contribution in [0.4, 0.5) is 24.8 Å². The summed E-state index contributed by atoms with van der Waals surface area (Å²) < 4.78 is 53.2. The van der Waals surface area contributed by atoms with Crippen molar-refractivity contribution in [2.24, 2.45) is 5.41 Å². The SMILES string of the molecule is CCOc1cc(C(=O)Nc2cc(C(F)(F)F)ccn2)ccc1-c1nc([C@@H]2CC[C@H]3C(OC)C4(CC4)C(=O)N3C2)n2ccnc(N)c12. The van der Waals surface area contributed by atoms with Crippen LogP contribution in [0, 0.1) is 5.41 Å². The number of carbonyl (C=O) groups excluding carboxylic acids is 2. The summed E-state index contributed by atoms with van der Waals surface area (Å²) >= 11 is 0.